The lowest BCUT2D eigenvalue weighted by molar-refractivity contribution is -0.132. The molecule has 1 amide bonds. The van der Waals surface area contributed by atoms with Gasteiger partial charge in [-0.25, -0.2) is 13.4 Å². The number of carbonyl (C=O) groups is 1. The molecule has 1 aliphatic rings. The van der Waals surface area contributed by atoms with Gasteiger partial charge in [-0.1, -0.05) is 41.7 Å². The lowest BCUT2D eigenvalue weighted by atomic mass is 10.1. The van der Waals surface area contributed by atoms with Crippen molar-refractivity contribution in [3.63, 3.8) is 0 Å². The van der Waals surface area contributed by atoms with E-state index in [1.54, 1.807) is 46.6 Å². The van der Waals surface area contributed by atoms with Gasteiger partial charge in [0.2, 0.25) is 5.91 Å². The fraction of sp³-hybridized carbons (Fsp3) is 0.391. The normalized spacial score (nSPS) is 15.4. The van der Waals surface area contributed by atoms with Crippen molar-refractivity contribution >= 4 is 37.3 Å². The zero-order valence-electron chi connectivity index (χ0n) is 17.7. The molecule has 4 rings (SSSR count). The first-order valence-electron chi connectivity index (χ1n) is 10.4. The number of thiazole rings is 1. The third kappa shape index (κ3) is 4.91. The molecular weight excluding hydrogens is 432 g/mol. The van der Waals surface area contributed by atoms with Crippen molar-refractivity contribution in [2.45, 2.75) is 44.1 Å². The third-order valence-electron chi connectivity index (χ3n) is 5.67. The Hall–Kier alpha value is -2.45. The van der Waals surface area contributed by atoms with Crippen LogP contribution in [0.25, 0.3) is 10.2 Å². The van der Waals surface area contributed by atoms with E-state index in [-0.39, 0.29) is 29.1 Å². The van der Waals surface area contributed by atoms with Gasteiger partial charge in [-0.05, 0) is 37.1 Å². The number of fused-ring (bicyclic) bond motifs is 1. The van der Waals surface area contributed by atoms with Gasteiger partial charge in [-0.3, -0.25) is 4.79 Å². The highest BCUT2D eigenvalue weighted by Gasteiger charge is 2.26. The summed E-state index contributed by atoms with van der Waals surface area (Å²) in [5, 5.41) is 0.672. The second-order valence-corrected chi connectivity index (χ2v) is 11.0. The number of sulfone groups is 1. The van der Waals surface area contributed by atoms with Gasteiger partial charge in [-0.2, -0.15) is 0 Å². The smallest absolute Gasteiger partial charge is 0.274 e. The van der Waals surface area contributed by atoms with Crippen molar-refractivity contribution in [3.8, 4) is 5.19 Å². The van der Waals surface area contributed by atoms with Crippen LogP contribution < -0.4 is 4.74 Å². The van der Waals surface area contributed by atoms with Gasteiger partial charge in [0, 0.05) is 32.4 Å². The number of piperidine rings is 1. The third-order valence-corrected chi connectivity index (χ3v) is 8.49. The van der Waals surface area contributed by atoms with Gasteiger partial charge >= 0.3 is 0 Å². The number of hydrogen-bond donors (Lipinski definition) is 0. The van der Waals surface area contributed by atoms with Crippen molar-refractivity contribution in [1.29, 1.82) is 0 Å². The highest BCUT2D eigenvalue weighted by Crippen LogP contribution is 2.33. The molecule has 0 spiro atoms. The van der Waals surface area contributed by atoms with Crippen molar-refractivity contribution in [2.75, 3.05) is 18.8 Å². The molecule has 2 aromatic carbocycles. The Bertz CT molecular complexity index is 1140. The molecule has 0 N–H and O–H groups in total. The number of rotatable bonds is 6. The van der Waals surface area contributed by atoms with Crippen molar-refractivity contribution < 1.29 is 17.9 Å². The van der Waals surface area contributed by atoms with Crippen LogP contribution in [0.1, 0.15) is 30.4 Å². The quantitative estimate of drug-likeness (QED) is 0.555. The van der Waals surface area contributed by atoms with Gasteiger partial charge in [0.25, 0.3) is 5.19 Å². The monoisotopic (exact) mass is 458 g/mol. The van der Waals surface area contributed by atoms with E-state index in [2.05, 4.69) is 24.0 Å². The zero-order chi connectivity index (χ0) is 22.0. The Balaban J connectivity index is 1.30. The minimum atomic E-state index is -3.44. The maximum atomic E-state index is 12.5. The fourth-order valence-corrected chi connectivity index (χ4v) is 6.06. The lowest BCUT2D eigenvalue weighted by Gasteiger charge is -2.31. The molecule has 2 heterocycles. The number of nitrogens with zero attached hydrogens (tertiary/aromatic N) is 2. The highest BCUT2D eigenvalue weighted by atomic mass is 32.2. The summed E-state index contributed by atoms with van der Waals surface area (Å²) in [7, 11) is -3.44. The summed E-state index contributed by atoms with van der Waals surface area (Å²) in [4.78, 5) is 19.2. The summed E-state index contributed by atoms with van der Waals surface area (Å²) >= 11 is 1.57. The van der Waals surface area contributed by atoms with Gasteiger partial charge in [0.1, 0.15) is 6.10 Å². The molecule has 0 saturated carbocycles. The molecule has 3 aromatic rings. The van der Waals surface area contributed by atoms with Crippen molar-refractivity contribution in [2.24, 2.45) is 0 Å². The van der Waals surface area contributed by atoms with Crippen molar-refractivity contribution in [1.82, 2.24) is 9.88 Å². The zero-order valence-corrected chi connectivity index (χ0v) is 19.3. The summed E-state index contributed by atoms with van der Waals surface area (Å²) in [5.41, 5.74) is 3.32. The first-order valence-corrected chi connectivity index (χ1v) is 12.9. The second-order valence-electron chi connectivity index (χ2n) is 7.94. The number of ether oxygens (including phenoxy) is 1. The summed E-state index contributed by atoms with van der Waals surface area (Å²) in [5.74, 6) is -0.291. The van der Waals surface area contributed by atoms with Crippen LogP contribution in [-0.2, 0) is 14.6 Å². The van der Waals surface area contributed by atoms with Crippen LogP contribution in [0.15, 0.2) is 47.4 Å². The van der Waals surface area contributed by atoms with E-state index >= 15 is 0 Å². The van der Waals surface area contributed by atoms with Crippen LogP contribution in [0.4, 0.5) is 0 Å². The SMILES string of the molecule is Cc1ccc(C)c2sc(OC3CCN(C(=O)CCS(=O)(=O)c4ccccc4)CC3)nc12. The van der Waals surface area contributed by atoms with E-state index in [0.29, 0.717) is 31.1 Å². The number of carbonyl (C=O) groups excluding carboxylic acids is 1. The maximum absolute atomic E-state index is 12.5. The molecule has 31 heavy (non-hydrogen) atoms. The molecular formula is C23H26N2O4S2. The molecule has 0 aliphatic carbocycles. The predicted molar refractivity (Wildman–Crippen MR) is 122 cm³/mol. The van der Waals surface area contributed by atoms with Gasteiger partial charge in [0.15, 0.2) is 9.84 Å². The number of likely N-dealkylation sites (tertiary alicyclic amines) is 1. The largest absolute Gasteiger partial charge is 0.467 e. The average molecular weight is 459 g/mol. The first kappa shape index (κ1) is 21.8. The minimum Gasteiger partial charge on any atom is -0.467 e. The standard InChI is InChI=1S/C23H26N2O4S2/c1-16-8-9-17(2)22-21(16)24-23(30-22)29-18-10-13-25(14-11-18)20(26)12-15-31(27,28)19-6-4-3-5-7-19/h3-9,18H,10-15H2,1-2H3. The predicted octanol–water partition coefficient (Wildman–Crippen LogP) is 4.15. The summed E-state index contributed by atoms with van der Waals surface area (Å²) in [6.45, 7) is 5.26. The summed E-state index contributed by atoms with van der Waals surface area (Å²) in [6.07, 6.45) is 1.44. The van der Waals surface area contributed by atoms with Crippen molar-refractivity contribution in [3.05, 3.63) is 53.6 Å². The van der Waals surface area contributed by atoms with E-state index in [4.69, 9.17) is 4.74 Å². The number of aryl methyl sites for hydroxylation is 2. The Morgan fingerprint density at radius 2 is 1.77 bits per heavy atom. The van der Waals surface area contributed by atoms with Crippen LogP contribution >= 0.6 is 11.3 Å². The van der Waals surface area contributed by atoms with E-state index < -0.39 is 9.84 Å². The van der Waals surface area contributed by atoms with Crippen LogP contribution in [-0.4, -0.2) is 49.2 Å². The van der Waals surface area contributed by atoms with E-state index in [1.807, 2.05) is 6.92 Å². The van der Waals surface area contributed by atoms with E-state index in [9.17, 15) is 13.2 Å². The number of hydrogen-bond acceptors (Lipinski definition) is 6. The molecule has 0 bridgehead atoms. The molecule has 1 aromatic heterocycles. The Morgan fingerprint density at radius 1 is 1.10 bits per heavy atom. The lowest BCUT2D eigenvalue weighted by Crippen LogP contribution is -2.42. The van der Waals surface area contributed by atoms with E-state index in [0.717, 1.165) is 15.8 Å². The molecule has 1 aliphatic heterocycles. The summed E-state index contributed by atoms with van der Waals surface area (Å²) < 4.78 is 32.1. The average Bonchev–Trinajstić information content (AvgIpc) is 3.21. The van der Waals surface area contributed by atoms with Crippen LogP contribution in [0.5, 0.6) is 5.19 Å². The number of amides is 1. The maximum Gasteiger partial charge on any atom is 0.274 e. The molecule has 0 radical (unpaired) electrons. The second kappa shape index (κ2) is 8.96. The number of aromatic nitrogens is 1. The molecule has 0 unspecified atom stereocenters. The summed E-state index contributed by atoms with van der Waals surface area (Å²) in [6, 6.07) is 12.4. The molecule has 0 atom stereocenters. The van der Waals surface area contributed by atoms with E-state index in [1.165, 1.54) is 5.56 Å². The molecule has 6 nitrogen and oxygen atoms in total. The van der Waals surface area contributed by atoms with Crippen LogP contribution in [0.2, 0.25) is 0 Å². The minimum absolute atomic E-state index is 0.000819. The Morgan fingerprint density at radius 3 is 2.45 bits per heavy atom. The number of benzene rings is 2. The molecule has 1 saturated heterocycles. The van der Waals surface area contributed by atoms with Crippen LogP contribution in [0, 0.1) is 13.8 Å². The highest BCUT2D eigenvalue weighted by molar-refractivity contribution is 7.91. The Labute approximate surface area is 186 Å². The molecule has 8 heteroatoms. The fourth-order valence-electron chi connectivity index (χ4n) is 3.78. The van der Waals surface area contributed by atoms with Crippen LogP contribution in [0.3, 0.4) is 0 Å². The van der Waals surface area contributed by atoms with Gasteiger partial charge < -0.3 is 9.64 Å². The Kier molecular flexibility index (Phi) is 6.29. The van der Waals surface area contributed by atoms with Gasteiger partial charge in [0.05, 0.1) is 20.9 Å². The van der Waals surface area contributed by atoms with Gasteiger partial charge in [-0.15, -0.1) is 0 Å². The topological polar surface area (TPSA) is 76.6 Å². The first-order chi connectivity index (χ1) is 14.8. The molecule has 164 valence electrons. The molecule has 1 fully saturated rings.